The highest BCUT2D eigenvalue weighted by Gasteiger charge is 2.18. The van der Waals surface area contributed by atoms with Crippen LogP contribution in [-0.2, 0) is 4.79 Å². The number of methoxy groups -OCH3 is 1. The third kappa shape index (κ3) is 4.83. The lowest BCUT2D eigenvalue weighted by Crippen LogP contribution is -2.23. The molecule has 0 aliphatic rings. The van der Waals surface area contributed by atoms with Crippen LogP contribution in [0, 0.1) is 0 Å². The predicted octanol–water partition coefficient (Wildman–Crippen LogP) is 4.98. The summed E-state index contributed by atoms with van der Waals surface area (Å²) in [5.74, 6) is -0.0475. The van der Waals surface area contributed by atoms with Crippen molar-refractivity contribution < 1.29 is 14.3 Å². The minimum Gasteiger partial charge on any atom is -0.495 e. The Bertz CT molecular complexity index is 1470. The fourth-order valence-corrected chi connectivity index (χ4v) is 4.45. The van der Waals surface area contributed by atoms with Crippen LogP contribution in [0.25, 0.3) is 16.6 Å². The Morgan fingerprint density at radius 2 is 1.82 bits per heavy atom. The number of ether oxygens (including phenoxy) is 1. The van der Waals surface area contributed by atoms with Crippen LogP contribution in [0.2, 0.25) is 5.02 Å². The van der Waals surface area contributed by atoms with Crippen LogP contribution < -0.4 is 15.6 Å². The van der Waals surface area contributed by atoms with E-state index in [9.17, 15) is 14.4 Å². The van der Waals surface area contributed by atoms with Crippen molar-refractivity contribution in [1.29, 1.82) is 0 Å². The Morgan fingerprint density at radius 1 is 1.09 bits per heavy atom. The second-order valence-corrected chi connectivity index (χ2v) is 8.69. The molecule has 0 saturated heterocycles. The van der Waals surface area contributed by atoms with Gasteiger partial charge in [0.15, 0.2) is 10.9 Å². The molecule has 0 aliphatic heterocycles. The van der Waals surface area contributed by atoms with Gasteiger partial charge in [-0.2, -0.15) is 0 Å². The fraction of sp³-hybridized carbons (Fsp3) is 0.120. The normalized spacial score (nSPS) is 10.8. The van der Waals surface area contributed by atoms with E-state index in [1.807, 2.05) is 0 Å². The first-order valence-corrected chi connectivity index (χ1v) is 11.6. The Hall–Kier alpha value is -3.62. The molecular formula is C25H20ClN3O4S. The molecule has 0 aliphatic carbocycles. The fourth-order valence-electron chi connectivity index (χ4n) is 3.48. The van der Waals surface area contributed by atoms with E-state index >= 15 is 0 Å². The maximum Gasteiger partial charge on any atom is 0.266 e. The first kappa shape index (κ1) is 23.5. The molecule has 172 valence electrons. The molecule has 0 atom stereocenters. The first-order valence-electron chi connectivity index (χ1n) is 10.3. The van der Waals surface area contributed by atoms with Crippen LogP contribution >= 0.6 is 23.4 Å². The van der Waals surface area contributed by atoms with Crippen LogP contribution in [0.3, 0.4) is 0 Å². The number of carbonyl (C=O) groups is 2. The number of ketones is 1. The third-order valence-electron chi connectivity index (χ3n) is 5.04. The van der Waals surface area contributed by atoms with Gasteiger partial charge in [-0.25, -0.2) is 4.98 Å². The number of amides is 1. The van der Waals surface area contributed by atoms with E-state index in [1.165, 1.54) is 18.6 Å². The number of aromatic nitrogens is 2. The quantitative estimate of drug-likeness (QED) is 0.222. The Kier molecular flexibility index (Phi) is 7.00. The molecular weight excluding hydrogens is 474 g/mol. The standard InChI is InChI=1S/C25H20ClN3O4S/c1-15(30)17-7-3-4-8-19(17)27-23(31)14-34-25-28-20-13-16(26)11-12-18(20)24(32)29(25)21-9-5-6-10-22(21)33-2/h3-13H,14H2,1-2H3,(H,27,31). The summed E-state index contributed by atoms with van der Waals surface area (Å²) in [5.41, 5.74) is 1.47. The Labute approximate surface area is 204 Å². The summed E-state index contributed by atoms with van der Waals surface area (Å²) < 4.78 is 6.88. The van der Waals surface area contributed by atoms with Gasteiger partial charge in [-0.1, -0.05) is 47.6 Å². The topological polar surface area (TPSA) is 90.3 Å². The van der Waals surface area contributed by atoms with E-state index in [2.05, 4.69) is 10.3 Å². The summed E-state index contributed by atoms with van der Waals surface area (Å²) in [6.07, 6.45) is 0. The lowest BCUT2D eigenvalue weighted by Gasteiger charge is -2.16. The number of Topliss-reactive ketones (excluding diaryl/α,β-unsaturated/α-hetero) is 1. The molecule has 3 aromatic carbocycles. The summed E-state index contributed by atoms with van der Waals surface area (Å²) >= 11 is 7.21. The number of nitrogens with one attached hydrogen (secondary N) is 1. The summed E-state index contributed by atoms with van der Waals surface area (Å²) in [6, 6.07) is 18.7. The highest BCUT2D eigenvalue weighted by atomic mass is 35.5. The summed E-state index contributed by atoms with van der Waals surface area (Å²) in [6.45, 7) is 1.44. The molecule has 34 heavy (non-hydrogen) atoms. The van der Waals surface area contributed by atoms with Gasteiger partial charge in [-0.05, 0) is 49.4 Å². The van der Waals surface area contributed by atoms with E-state index < -0.39 is 0 Å². The van der Waals surface area contributed by atoms with E-state index in [-0.39, 0.29) is 23.0 Å². The number of para-hydroxylation sites is 3. The number of carbonyl (C=O) groups excluding carboxylic acids is 2. The van der Waals surface area contributed by atoms with Crippen molar-refractivity contribution in [2.24, 2.45) is 0 Å². The number of fused-ring (bicyclic) bond motifs is 1. The zero-order valence-corrected chi connectivity index (χ0v) is 19.9. The third-order valence-corrected chi connectivity index (χ3v) is 6.21. The van der Waals surface area contributed by atoms with Crippen LogP contribution in [0.4, 0.5) is 5.69 Å². The molecule has 1 amide bonds. The molecule has 0 bridgehead atoms. The minimum absolute atomic E-state index is 0.0418. The number of benzene rings is 3. The molecule has 1 aromatic heterocycles. The van der Waals surface area contributed by atoms with Gasteiger partial charge >= 0.3 is 0 Å². The van der Waals surface area contributed by atoms with Gasteiger partial charge in [0.05, 0.1) is 35.1 Å². The first-order chi connectivity index (χ1) is 16.4. The van der Waals surface area contributed by atoms with Crippen LogP contribution in [0.15, 0.2) is 76.7 Å². The Morgan fingerprint density at radius 3 is 2.59 bits per heavy atom. The number of nitrogens with zero attached hydrogens (tertiary/aromatic N) is 2. The number of anilines is 1. The van der Waals surface area contributed by atoms with Crippen LogP contribution in [0.1, 0.15) is 17.3 Å². The maximum atomic E-state index is 13.5. The summed E-state index contributed by atoms with van der Waals surface area (Å²) in [4.78, 5) is 42.7. The zero-order valence-electron chi connectivity index (χ0n) is 18.4. The molecule has 0 radical (unpaired) electrons. The van der Waals surface area contributed by atoms with Crippen molar-refractivity contribution in [3.63, 3.8) is 0 Å². The van der Waals surface area contributed by atoms with Gasteiger partial charge in [0, 0.05) is 10.6 Å². The number of hydrogen-bond acceptors (Lipinski definition) is 6. The summed E-state index contributed by atoms with van der Waals surface area (Å²) in [5, 5.41) is 3.90. The smallest absolute Gasteiger partial charge is 0.266 e. The highest BCUT2D eigenvalue weighted by molar-refractivity contribution is 7.99. The molecule has 4 rings (SSSR count). The van der Waals surface area contributed by atoms with Crippen molar-refractivity contribution in [3.8, 4) is 11.4 Å². The van der Waals surface area contributed by atoms with Crippen molar-refractivity contribution >= 4 is 51.6 Å². The number of hydrogen-bond donors (Lipinski definition) is 1. The molecule has 0 fully saturated rings. The lowest BCUT2D eigenvalue weighted by molar-refractivity contribution is -0.113. The monoisotopic (exact) mass is 493 g/mol. The lowest BCUT2D eigenvalue weighted by atomic mass is 10.1. The van der Waals surface area contributed by atoms with E-state index in [0.717, 1.165) is 11.8 Å². The number of halogens is 1. The molecule has 9 heteroatoms. The predicted molar refractivity (Wildman–Crippen MR) is 135 cm³/mol. The molecule has 0 saturated carbocycles. The van der Waals surface area contributed by atoms with E-state index in [4.69, 9.17) is 16.3 Å². The van der Waals surface area contributed by atoms with E-state index in [0.29, 0.717) is 43.8 Å². The molecule has 1 N–H and O–H groups in total. The molecule has 4 aromatic rings. The molecule has 0 unspecified atom stereocenters. The van der Waals surface area contributed by atoms with Gasteiger partial charge in [0.1, 0.15) is 5.75 Å². The number of rotatable bonds is 7. The average Bonchev–Trinajstić information content (AvgIpc) is 2.83. The van der Waals surface area contributed by atoms with Gasteiger partial charge in [0.2, 0.25) is 5.91 Å². The second kappa shape index (κ2) is 10.1. The minimum atomic E-state index is -0.342. The molecule has 0 spiro atoms. The molecule has 7 nitrogen and oxygen atoms in total. The van der Waals surface area contributed by atoms with Gasteiger partial charge in [-0.15, -0.1) is 0 Å². The van der Waals surface area contributed by atoms with Crippen molar-refractivity contribution in [2.75, 3.05) is 18.2 Å². The van der Waals surface area contributed by atoms with Crippen molar-refractivity contribution in [1.82, 2.24) is 9.55 Å². The van der Waals surface area contributed by atoms with Gasteiger partial charge in [0.25, 0.3) is 5.56 Å². The maximum absolute atomic E-state index is 13.5. The highest BCUT2D eigenvalue weighted by Crippen LogP contribution is 2.28. The van der Waals surface area contributed by atoms with Gasteiger partial charge < -0.3 is 10.1 Å². The van der Waals surface area contributed by atoms with E-state index in [1.54, 1.807) is 66.7 Å². The largest absolute Gasteiger partial charge is 0.495 e. The SMILES string of the molecule is COc1ccccc1-n1c(SCC(=O)Nc2ccccc2C(C)=O)nc2cc(Cl)ccc2c1=O. The number of thioether (sulfide) groups is 1. The second-order valence-electron chi connectivity index (χ2n) is 7.31. The van der Waals surface area contributed by atoms with Gasteiger partial charge in [-0.3, -0.25) is 19.0 Å². The zero-order chi connectivity index (χ0) is 24.2. The van der Waals surface area contributed by atoms with Crippen molar-refractivity contribution in [2.45, 2.75) is 12.1 Å². The van der Waals surface area contributed by atoms with Crippen LogP contribution in [0.5, 0.6) is 5.75 Å². The summed E-state index contributed by atoms with van der Waals surface area (Å²) in [7, 11) is 1.52. The van der Waals surface area contributed by atoms with Crippen LogP contribution in [-0.4, -0.2) is 34.1 Å². The molecule has 1 heterocycles. The Balaban J connectivity index is 1.72. The van der Waals surface area contributed by atoms with Crippen molar-refractivity contribution in [3.05, 3.63) is 87.7 Å². The average molecular weight is 494 g/mol.